The summed E-state index contributed by atoms with van der Waals surface area (Å²) in [5.41, 5.74) is 6.89. The van der Waals surface area contributed by atoms with Crippen LogP contribution in [0.3, 0.4) is 0 Å². The Hall–Kier alpha value is -3.71. The summed E-state index contributed by atoms with van der Waals surface area (Å²) in [6.07, 6.45) is 0.265. The first-order valence-electron chi connectivity index (χ1n) is 11.3. The number of hydrogen-bond donors (Lipinski definition) is 1. The van der Waals surface area contributed by atoms with Crippen molar-refractivity contribution in [3.8, 4) is 23.3 Å². The molecule has 2 heterocycles. The minimum Gasteiger partial charge on any atom is -0.493 e. The highest BCUT2D eigenvalue weighted by molar-refractivity contribution is 6.00. The molecule has 0 saturated carbocycles. The Morgan fingerprint density at radius 1 is 1.17 bits per heavy atom. The van der Waals surface area contributed by atoms with Crippen molar-refractivity contribution in [3.63, 3.8) is 0 Å². The second kappa shape index (κ2) is 9.50. The molecule has 2 N–H and O–H groups in total. The Morgan fingerprint density at radius 2 is 1.80 bits per heavy atom. The van der Waals surface area contributed by atoms with Crippen LogP contribution in [0.5, 0.6) is 17.2 Å². The molecule has 186 valence electrons. The molecule has 10 nitrogen and oxygen atoms in total. The van der Waals surface area contributed by atoms with E-state index in [4.69, 9.17) is 29.4 Å². The number of nitriles is 1. The largest absolute Gasteiger partial charge is 0.493 e. The summed E-state index contributed by atoms with van der Waals surface area (Å²) in [5, 5.41) is 9.89. The lowest BCUT2D eigenvalue weighted by molar-refractivity contribution is -0.119. The van der Waals surface area contributed by atoms with Crippen LogP contribution < -0.4 is 19.9 Å². The van der Waals surface area contributed by atoms with Crippen LogP contribution in [-0.2, 0) is 14.3 Å². The third kappa shape index (κ3) is 4.64. The van der Waals surface area contributed by atoms with Crippen molar-refractivity contribution in [3.05, 3.63) is 40.5 Å². The van der Waals surface area contributed by atoms with Crippen LogP contribution in [0.25, 0.3) is 0 Å². The van der Waals surface area contributed by atoms with Gasteiger partial charge in [-0.05, 0) is 23.1 Å². The van der Waals surface area contributed by atoms with Gasteiger partial charge in [-0.3, -0.25) is 4.79 Å². The molecule has 0 aromatic heterocycles. The van der Waals surface area contributed by atoms with Crippen LogP contribution in [0.1, 0.15) is 38.2 Å². The van der Waals surface area contributed by atoms with Gasteiger partial charge < -0.3 is 34.3 Å². The average Bonchev–Trinajstić information content (AvgIpc) is 2.82. The van der Waals surface area contributed by atoms with Crippen LogP contribution in [0, 0.1) is 16.7 Å². The molecule has 1 aromatic carbocycles. The van der Waals surface area contributed by atoms with Gasteiger partial charge in [0.25, 0.3) is 0 Å². The van der Waals surface area contributed by atoms with Gasteiger partial charge in [-0.1, -0.05) is 13.8 Å². The average molecular weight is 484 g/mol. The number of nitrogens with zero attached hydrogens (tertiary/aromatic N) is 2. The van der Waals surface area contributed by atoms with E-state index in [0.29, 0.717) is 56.0 Å². The maximum absolute atomic E-state index is 13.2. The van der Waals surface area contributed by atoms with Crippen molar-refractivity contribution in [2.45, 2.75) is 32.6 Å². The van der Waals surface area contributed by atoms with Gasteiger partial charge in [0.05, 0.1) is 33.4 Å². The topological polar surface area (TPSA) is 133 Å². The molecular weight excluding hydrogens is 454 g/mol. The summed E-state index contributed by atoms with van der Waals surface area (Å²) < 4.78 is 27.8. The first-order valence-corrected chi connectivity index (χ1v) is 11.3. The number of nitrogens with two attached hydrogens (primary N) is 1. The number of ether oxygens (including phenoxy) is 5. The van der Waals surface area contributed by atoms with Crippen LogP contribution in [0.15, 0.2) is 34.9 Å². The molecule has 0 radical (unpaired) electrons. The molecule has 4 rings (SSSR count). The van der Waals surface area contributed by atoms with Gasteiger partial charge in [0.1, 0.15) is 17.4 Å². The van der Waals surface area contributed by atoms with Gasteiger partial charge in [0.2, 0.25) is 11.6 Å². The Kier molecular flexibility index (Phi) is 6.63. The fraction of sp³-hybridized carbons (Fsp3) is 0.480. The second-order valence-electron chi connectivity index (χ2n) is 9.42. The predicted octanol–water partition coefficient (Wildman–Crippen LogP) is 2.99. The highest BCUT2D eigenvalue weighted by Crippen LogP contribution is 2.50. The number of Topliss-reactive ketones (excluding diaryl/α,β-unsaturated/α-hetero) is 1. The minimum atomic E-state index is -0.765. The predicted molar refractivity (Wildman–Crippen MR) is 124 cm³/mol. The van der Waals surface area contributed by atoms with Crippen LogP contribution in [-0.4, -0.2) is 57.3 Å². The molecule has 0 unspecified atom stereocenters. The lowest BCUT2D eigenvalue weighted by Gasteiger charge is -2.37. The van der Waals surface area contributed by atoms with Crippen LogP contribution >= 0.6 is 0 Å². The Labute approximate surface area is 203 Å². The number of morpholine rings is 1. The fourth-order valence-corrected chi connectivity index (χ4v) is 4.68. The molecule has 1 amide bonds. The number of methoxy groups -OCH3 is 2. The summed E-state index contributed by atoms with van der Waals surface area (Å²) in [4.78, 5) is 27.5. The minimum absolute atomic E-state index is 0.0393. The van der Waals surface area contributed by atoms with Crippen molar-refractivity contribution in [2.75, 3.05) is 40.5 Å². The smallest absolute Gasteiger partial charge is 0.415 e. The van der Waals surface area contributed by atoms with E-state index < -0.39 is 12.0 Å². The first kappa shape index (κ1) is 24.4. The van der Waals surface area contributed by atoms with Crippen molar-refractivity contribution in [1.29, 1.82) is 5.26 Å². The van der Waals surface area contributed by atoms with E-state index in [-0.39, 0.29) is 39.9 Å². The zero-order valence-corrected chi connectivity index (χ0v) is 20.3. The number of rotatable bonds is 4. The lowest BCUT2D eigenvalue weighted by Crippen LogP contribution is -2.42. The van der Waals surface area contributed by atoms with Crippen molar-refractivity contribution >= 4 is 11.9 Å². The van der Waals surface area contributed by atoms with E-state index in [2.05, 4.69) is 6.07 Å². The lowest BCUT2D eigenvalue weighted by atomic mass is 9.70. The highest BCUT2D eigenvalue weighted by Gasteiger charge is 2.43. The maximum Gasteiger partial charge on any atom is 0.415 e. The second-order valence-corrected chi connectivity index (χ2v) is 9.42. The van der Waals surface area contributed by atoms with Crippen LogP contribution in [0.2, 0.25) is 0 Å². The summed E-state index contributed by atoms with van der Waals surface area (Å²) in [6, 6.07) is 5.35. The summed E-state index contributed by atoms with van der Waals surface area (Å²) in [6.45, 7) is 5.65. The van der Waals surface area contributed by atoms with Gasteiger partial charge >= 0.3 is 6.09 Å². The molecule has 1 saturated heterocycles. The molecule has 1 aromatic rings. The van der Waals surface area contributed by atoms with Gasteiger partial charge in [0, 0.05) is 31.5 Å². The molecule has 2 aliphatic heterocycles. The van der Waals surface area contributed by atoms with Gasteiger partial charge in [0.15, 0.2) is 17.3 Å². The number of carbonyl (C=O) groups is 2. The molecule has 0 spiro atoms. The number of benzene rings is 1. The molecule has 1 aliphatic carbocycles. The molecule has 1 fully saturated rings. The molecule has 1 atom stereocenters. The number of amides is 1. The SMILES string of the molecule is COc1cc([C@H]2C(C#N)=C(N)OC3=C2C(=O)CC(C)(C)C3)cc(OC)c1OC(=O)N1CCOCC1. The van der Waals surface area contributed by atoms with Crippen molar-refractivity contribution in [1.82, 2.24) is 4.90 Å². The first-order chi connectivity index (χ1) is 16.7. The van der Waals surface area contributed by atoms with Gasteiger partial charge in [-0.2, -0.15) is 5.26 Å². The highest BCUT2D eigenvalue weighted by atomic mass is 16.6. The number of hydrogen-bond acceptors (Lipinski definition) is 9. The number of carbonyl (C=O) groups excluding carboxylic acids is 2. The molecule has 35 heavy (non-hydrogen) atoms. The molecule has 10 heteroatoms. The third-order valence-electron chi connectivity index (χ3n) is 6.35. The van der Waals surface area contributed by atoms with Gasteiger partial charge in [-0.25, -0.2) is 4.79 Å². The fourth-order valence-electron chi connectivity index (χ4n) is 4.68. The molecule has 0 bridgehead atoms. The molecule has 3 aliphatic rings. The zero-order valence-electron chi connectivity index (χ0n) is 20.3. The summed E-state index contributed by atoms with van der Waals surface area (Å²) >= 11 is 0. The quantitative estimate of drug-likeness (QED) is 0.686. The Bertz CT molecular complexity index is 1130. The summed E-state index contributed by atoms with van der Waals surface area (Å²) in [7, 11) is 2.87. The zero-order chi connectivity index (χ0) is 25.3. The van der Waals surface area contributed by atoms with Gasteiger partial charge in [-0.15, -0.1) is 0 Å². The van der Waals surface area contributed by atoms with E-state index in [1.165, 1.54) is 19.1 Å². The normalized spacial score (nSPS) is 21.6. The number of allylic oxidation sites excluding steroid dienone is 3. The maximum atomic E-state index is 13.2. The monoisotopic (exact) mass is 483 g/mol. The van der Waals surface area contributed by atoms with Crippen molar-refractivity contribution < 1.29 is 33.3 Å². The Balaban J connectivity index is 1.78. The summed E-state index contributed by atoms with van der Waals surface area (Å²) in [5.74, 6) is 0.0866. The Morgan fingerprint density at radius 3 is 2.37 bits per heavy atom. The third-order valence-corrected chi connectivity index (χ3v) is 6.35. The van der Waals surface area contributed by atoms with Crippen molar-refractivity contribution in [2.24, 2.45) is 11.1 Å². The van der Waals surface area contributed by atoms with E-state index in [1.807, 2.05) is 13.8 Å². The van der Waals surface area contributed by atoms with E-state index in [1.54, 1.807) is 12.1 Å². The van der Waals surface area contributed by atoms with Crippen LogP contribution in [0.4, 0.5) is 4.79 Å². The standard InChI is InChI=1S/C25H29N3O7/c1-25(2)11-16(29)21-19(12-25)34-23(27)15(13-26)20(21)14-9-17(31-3)22(18(10-14)32-4)35-24(30)28-5-7-33-8-6-28/h9-10,20H,5-8,11-12,27H2,1-4H3/t20-/m0/s1. The van der Waals surface area contributed by atoms with E-state index in [9.17, 15) is 14.9 Å². The van der Waals surface area contributed by atoms with E-state index >= 15 is 0 Å². The van der Waals surface area contributed by atoms with E-state index in [0.717, 1.165) is 0 Å². The molecular formula is C25H29N3O7. The number of ketones is 1.